The number of nitrogens with one attached hydrogen (secondary N) is 1. The van der Waals surface area contributed by atoms with Gasteiger partial charge in [-0.05, 0) is 20.0 Å². The van der Waals surface area contributed by atoms with Crippen LogP contribution in [0, 0.1) is 6.92 Å². The molecular formula is C12H18N2O3. The van der Waals surface area contributed by atoms with Gasteiger partial charge in [-0.15, -0.1) is 0 Å². The predicted molar refractivity (Wildman–Crippen MR) is 62.9 cm³/mol. The highest BCUT2D eigenvalue weighted by Crippen LogP contribution is 2.18. The number of hydrogen-bond acceptors (Lipinski definition) is 5. The van der Waals surface area contributed by atoms with E-state index in [0.717, 1.165) is 24.4 Å². The lowest BCUT2D eigenvalue weighted by Crippen LogP contribution is -2.55. The molecular weight excluding hydrogens is 220 g/mol. The number of hydrogen-bond donors (Lipinski definition) is 1. The molecule has 1 aromatic heterocycles. The van der Waals surface area contributed by atoms with Crippen LogP contribution in [0.2, 0.25) is 0 Å². The van der Waals surface area contributed by atoms with E-state index in [4.69, 9.17) is 4.42 Å². The van der Waals surface area contributed by atoms with E-state index in [0.29, 0.717) is 18.3 Å². The molecule has 1 fully saturated rings. The van der Waals surface area contributed by atoms with Crippen molar-refractivity contribution in [2.45, 2.75) is 19.5 Å². The van der Waals surface area contributed by atoms with Gasteiger partial charge in [0.15, 0.2) is 0 Å². The fourth-order valence-corrected chi connectivity index (χ4v) is 1.88. The van der Waals surface area contributed by atoms with Crippen LogP contribution in [0.15, 0.2) is 10.5 Å². The van der Waals surface area contributed by atoms with E-state index in [2.05, 4.69) is 22.0 Å². The first kappa shape index (κ1) is 12.1. The molecule has 2 heterocycles. The van der Waals surface area contributed by atoms with Crippen LogP contribution in [0.1, 0.15) is 21.9 Å². The van der Waals surface area contributed by atoms with Crippen LogP contribution in [-0.2, 0) is 11.3 Å². The molecule has 0 saturated carbocycles. The summed E-state index contributed by atoms with van der Waals surface area (Å²) in [6.45, 7) is 4.59. The molecule has 0 aromatic carbocycles. The van der Waals surface area contributed by atoms with Crippen molar-refractivity contribution in [3.8, 4) is 0 Å². The summed E-state index contributed by atoms with van der Waals surface area (Å²) in [5, 5.41) is 3.23. The Morgan fingerprint density at radius 2 is 2.35 bits per heavy atom. The molecule has 0 unspecified atom stereocenters. The summed E-state index contributed by atoms with van der Waals surface area (Å²) >= 11 is 0. The Bertz CT molecular complexity index is 410. The van der Waals surface area contributed by atoms with Gasteiger partial charge in [-0.3, -0.25) is 4.90 Å². The van der Waals surface area contributed by atoms with Gasteiger partial charge >= 0.3 is 5.97 Å². The van der Waals surface area contributed by atoms with Gasteiger partial charge < -0.3 is 14.5 Å². The second-order valence-corrected chi connectivity index (χ2v) is 4.44. The topological polar surface area (TPSA) is 54.7 Å². The molecule has 5 nitrogen and oxygen atoms in total. The minimum absolute atomic E-state index is 0.308. The van der Waals surface area contributed by atoms with Crippen LogP contribution >= 0.6 is 0 Å². The highest BCUT2D eigenvalue weighted by atomic mass is 16.5. The number of likely N-dealkylation sites (N-methyl/N-ethyl adjacent to an activating group) is 1. The number of carbonyl (C=O) groups is 1. The first-order valence-corrected chi connectivity index (χ1v) is 5.70. The van der Waals surface area contributed by atoms with E-state index in [-0.39, 0.29) is 0 Å². The third kappa shape index (κ3) is 2.50. The maximum atomic E-state index is 11.4. The second kappa shape index (κ2) is 4.89. The Balaban J connectivity index is 2.03. The van der Waals surface area contributed by atoms with Crippen LogP contribution in [0.25, 0.3) is 0 Å². The van der Waals surface area contributed by atoms with Crippen LogP contribution in [0.5, 0.6) is 0 Å². The lowest BCUT2D eigenvalue weighted by molar-refractivity contribution is 0.0559. The monoisotopic (exact) mass is 238 g/mol. The molecule has 94 valence electrons. The first-order valence-electron chi connectivity index (χ1n) is 5.70. The highest BCUT2D eigenvalue weighted by Gasteiger charge is 2.23. The minimum atomic E-state index is -0.415. The number of nitrogens with zero attached hydrogens (tertiary/aromatic N) is 1. The molecule has 17 heavy (non-hydrogen) atoms. The average molecular weight is 238 g/mol. The Labute approximate surface area is 101 Å². The Kier molecular flexibility index (Phi) is 3.49. The van der Waals surface area contributed by atoms with E-state index in [1.165, 1.54) is 7.11 Å². The summed E-state index contributed by atoms with van der Waals surface area (Å²) in [5.41, 5.74) is 0.826. The fourth-order valence-electron chi connectivity index (χ4n) is 1.88. The molecule has 1 N–H and O–H groups in total. The molecule has 0 spiro atoms. The Morgan fingerprint density at radius 1 is 1.65 bits per heavy atom. The summed E-state index contributed by atoms with van der Waals surface area (Å²) in [5.74, 6) is 0.696. The molecule has 1 aliphatic rings. The molecule has 5 heteroatoms. The Hall–Kier alpha value is -1.33. The molecule has 1 saturated heterocycles. The number of furan rings is 1. The number of ether oxygens (including phenoxy) is 1. The van der Waals surface area contributed by atoms with Gasteiger partial charge in [-0.25, -0.2) is 4.79 Å². The van der Waals surface area contributed by atoms with Gasteiger partial charge in [-0.1, -0.05) is 0 Å². The standard InChI is InChI=1S/C12H18N2O3/c1-8-4-10(17-11(8)12(15)16-3)7-14(2)9-5-13-6-9/h4,9,13H,5-7H2,1-3H3. The summed E-state index contributed by atoms with van der Waals surface area (Å²) in [7, 11) is 3.41. The zero-order valence-electron chi connectivity index (χ0n) is 10.4. The van der Waals surface area contributed by atoms with Crippen molar-refractivity contribution in [1.82, 2.24) is 10.2 Å². The number of methoxy groups -OCH3 is 1. The van der Waals surface area contributed by atoms with E-state index in [9.17, 15) is 4.79 Å². The van der Waals surface area contributed by atoms with E-state index < -0.39 is 5.97 Å². The molecule has 2 rings (SSSR count). The zero-order chi connectivity index (χ0) is 12.4. The maximum Gasteiger partial charge on any atom is 0.374 e. The minimum Gasteiger partial charge on any atom is -0.463 e. The predicted octanol–water partition coefficient (Wildman–Crippen LogP) is 0.778. The maximum absolute atomic E-state index is 11.4. The average Bonchev–Trinajstić information content (AvgIpc) is 2.55. The number of carbonyl (C=O) groups excluding carboxylic acids is 1. The summed E-state index contributed by atoms with van der Waals surface area (Å²) in [6.07, 6.45) is 0. The van der Waals surface area contributed by atoms with Gasteiger partial charge in [-0.2, -0.15) is 0 Å². The fraction of sp³-hybridized carbons (Fsp3) is 0.583. The molecule has 1 aliphatic heterocycles. The molecule has 0 aliphatic carbocycles. The third-order valence-electron chi connectivity index (χ3n) is 3.13. The summed E-state index contributed by atoms with van der Waals surface area (Å²) in [6, 6.07) is 2.46. The van der Waals surface area contributed by atoms with Gasteiger partial charge in [0.1, 0.15) is 5.76 Å². The van der Waals surface area contributed by atoms with Crippen molar-refractivity contribution < 1.29 is 13.9 Å². The molecule has 0 amide bonds. The molecule has 0 atom stereocenters. The van der Waals surface area contributed by atoms with E-state index in [1.807, 2.05) is 13.0 Å². The van der Waals surface area contributed by atoms with Crippen molar-refractivity contribution in [2.75, 3.05) is 27.2 Å². The number of rotatable bonds is 4. The lowest BCUT2D eigenvalue weighted by Gasteiger charge is -2.35. The van der Waals surface area contributed by atoms with Crippen molar-refractivity contribution >= 4 is 5.97 Å². The molecule has 0 radical (unpaired) electrons. The summed E-state index contributed by atoms with van der Waals surface area (Å²) < 4.78 is 10.2. The van der Waals surface area contributed by atoms with E-state index in [1.54, 1.807) is 0 Å². The van der Waals surface area contributed by atoms with Crippen LogP contribution < -0.4 is 5.32 Å². The van der Waals surface area contributed by atoms with Gasteiger partial charge in [0, 0.05) is 24.7 Å². The normalized spacial score (nSPS) is 16.0. The largest absolute Gasteiger partial charge is 0.463 e. The van der Waals surface area contributed by atoms with Crippen molar-refractivity contribution in [1.29, 1.82) is 0 Å². The van der Waals surface area contributed by atoms with Gasteiger partial charge in [0.2, 0.25) is 5.76 Å². The van der Waals surface area contributed by atoms with Crippen molar-refractivity contribution in [3.63, 3.8) is 0 Å². The van der Waals surface area contributed by atoms with Crippen LogP contribution in [0.4, 0.5) is 0 Å². The number of esters is 1. The lowest BCUT2D eigenvalue weighted by atomic mass is 10.1. The first-order chi connectivity index (χ1) is 8.11. The zero-order valence-corrected chi connectivity index (χ0v) is 10.4. The summed E-state index contributed by atoms with van der Waals surface area (Å²) in [4.78, 5) is 13.6. The van der Waals surface area contributed by atoms with Crippen LogP contribution in [-0.4, -0.2) is 44.2 Å². The molecule has 1 aromatic rings. The number of aryl methyl sites for hydroxylation is 1. The Morgan fingerprint density at radius 3 is 2.88 bits per heavy atom. The molecule has 0 bridgehead atoms. The van der Waals surface area contributed by atoms with Gasteiger partial charge in [0.05, 0.1) is 13.7 Å². The van der Waals surface area contributed by atoms with Crippen molar-refractivity contribution in [2.24, 2.45) is 0 Å². The van der Waals surface area contributed by atoms with E-state index >= 15 is 0 Å². The van der Waals surface area contributed by atoms with Gasteiger partial charge in [0.25, 0.3) is 0 Å². The van der Waals surface area contributed by atoms with Crippen LogP contribution in [0.3, 0.4) is 0 Å². The van der Waals surface area contributed by atoms with Crippen molar-refractivity contribution in [3.05, 3.63) is 23.2 Å². The smallest absolute Gasteiger partial charge is 0.374 e. The third-order valence-corrected chi connectivity index (χ3v) is 3.13. The highest BCUT2D eigenvalue weighted by molar-refractivity contribution is 5.87. The quantitative estimate of drug-likeness (QED) is 0.785. The SMILES string of the molecule is COC(=O)c1oc(CN(C)C2CNC2)cc1C. The second-order valence-electron chi connectivity index (χ2n) is 4.44.